The van der Waals surface area contributed by atoms with Crippen LogP contribution in [-0.2, 0) is 12.8 Å². The van der Waals surface area contributed by atoms with E-state index < -0.39 is 0 Å². The summed E-state index contributed by atoms with van der Waals surface area (Å²) in [4.78, 5) is 8.29. The zero-order valence-corrected chi connectivity index (χ0v) is 11.3. The minimum atomic E-state index is 0.522. The molecule has 2 N–H and O–H groups in total. The summed E-state index contributed by atoms with van der Waals surface area (Å²) in [5.41, 5.74) is 2.59. The standard InChI is InChI=1S/C14H25N3/c1-4-12-14(10(2)3)17-13(16-12)9-11-7-5-6-8-15-11/h10-11,15H,4-9H2,1-3H3,(H,16,17). The Labute approximate surface area is 104 Å². The fraction of sp³-hybridized carbons (Fsp3) is 0.786. The molecule has 1 aromatic heterocycles. The Morgan fingerprint density at radius 1 is 1.35 bits per heavy atom. The first kappa shape index (κ1) is 12.6. The summed E-state index contributed by atoms with van der Waals surface area (Å²) in [7, 11) is 0. The minimum absolute atomic E-state index is 0.522. The van der Waals surface area contributed by atoms with Crippen LogP contribution in [0.2, 0.25) is 0 Å². The maximum absolute atomic E-state index is 4.78. The molecule has 0 saturated carbocycles. The zero-order chi connectivity index (χ0) is 12.3. The minimum Gasteiger partial charge on any atom is -0.346 e. The molecule has 3 nitrogen and oxygen atoms in total. The van der Waals surface area contributed by atoms with Crippen molar-refractivity contribution in [3.05, 3.63) is 17.2 Å². The van der Waals surface area contributed by atoms with Crippen LogP contribution in [0.15, 0.2) is 0 Å². The van der Waals surface area contributed by atoms with Crippen molar-refractivity contribution in [3.8, 4) is 0 Å². The molecule has 1 aromatic rings. The molecule has 1 fully saturated rings. The molecular formula is C14H25N3. The molecule has 0 aromatic carbocycles. The van der Waals surface area contributed by atoms with Crippen molar-refractivity contribution >= 4 is 0 Å². The summed E-state index contributed by atoms with van der Waals surface area (Å²) in [5, 5.41) is 3.58. The highest BCUT2D eigenvalue weighted by atomic mass is 15.0. The van der Waals surface area contributed by atoms with Crippen LogP contribution >= 0.6 is 0 Å². The van der Waals surface area contributed by atoms with E-state index in [4.69, 9.17) is 4.98 Å². The molecule has 2 heterocycles. The average Bonchev–Trinajstić information content (AvgIpc) is 2.73. The fourth-order valence-electron chi connectivity index (χ4n) is 2.65. The van der Waals surface area contributed by atoms with Crippen molar-refractivity contribution in [2.24, 2.45) is 0 Å². The number of aromatic amines is 1. The van der Waals surface area contributed by atoms with E-state index in [-0.39, 0.29) is 0 Å². The predicted octanol–water partition coefficient (Wildman–Crippen LogP) is 2.78. The van der Waals surface area contributed by atoms with E-state index in [2.05, 4.69) is 31.1 Å². The molecular weight excluding hydrogens is 210 g/mol. The van der Waals surface area contributed by atoms with E-state index in [1.165, 1.54) is 43.0 Å². The molecule has 0 spiro atoms. The highest BCUT2D eigenvalue weighted by Gasteiger charge is 2.17. The molecule has 1 unspecified atom stereocenters. The van der Waals surface area contributed by atoms with Gasteiger partial charge < -0.3 is 10.3 Å². The maximum atomic E-state index is 4.78. The lowest BCUT2D eigenvalue weighted by atomic mass is 10.0. The lowest BCUT2D eigenvalue weighted by Crippen LogP contribution is -2.35. The van der Waals surface area contributed by atoms with E-state index >= 15 is 0 Å². The topological polar surface area (TPSA) is 40.7 Å². The van der Waals surface area contributed by atoms with E-state index in [1.54, 1.807) is 0 Å². The first-order chi connectivity index (χ1) is 8.20. The first-order valence-corrected chi connectivity index (χ1v) is 7.01. The summed E-state index contributed by atoms with van der Waals surface area (Å²) in [6, 6.07) is 0.625. The SMILES string of the molecule is CCc1[nH]c(CC2CCCCN2)nc1C(C)C. The molecule has 3 heteroatoms. The number of nitrogens with one attached hydrogen (secondary N) is 2. The lowest BCUT2D eigenvalue weighted by Gasteiger charge is -2.22. The monoisotopic (exact) mass is 235 g/mol. The summed E-state index contributed by atoms with van der Waals surface area (Å²) < 4.78 is 0. The Hall–Kier alpha value is -0.830. The molecule has 17 heavy (non-hydrogen) atoms. The number of nitrogens with zero attached hydrogens (tertiary/aromatic N) is 1. The van der Waals surface area contributed by atoms with Crippen molar-refractivity contribution in [1.82, 2.24) is 15.3 Å². The fourth-order valence-corrected chi connectivity index (χ4v) is 2.65. The second-order valence-electron chi connectivity index (χ2n) is 5.41. The third-order valence-electron chi connectivity index (χ3n) is 3.61. The Balaban J connectivity index is 2.05. The van der Waals surface area contributed by atoms with Gasteiger partial charge in [0.15, 0.2) is 0 Å². The van der Waals surface area contributed by atoms with Crippen LogP contribution in [0.4, 0.5) is 0 Å². The average molecular weight is 235 g/mol. The van der Waals surface area contributed by atoms with Crippen LogP contribution in [0, 0.1) is 0 Å². The molecule has 1 aliphatic rings. The van der Waals surface area contributed by atoms with Crippen molar-refractivity contribution in [3.63, 3.8) is 0 Å². The number of hydrogen-bond donors (Lipinski definition) is 2. The normalized spacial score (nSPS) is 21.1. The second-order valence-corrected chi connectivity index (χ2v) is 5.41. The number of rotatable bonds is 4. The number of hydrogen-bond acceptors (Lipinski definition) is 2. The summed E-state index contributed by atoms with van der Waals surface area (Å²) in [5.74, 6) is 1.69. The van der Waals surface area contributed by atoms with Crippen LogP contribution in [0.1, 0.15) is 63.2 Å². The summed E-state index contributed by atoms with van der Waals surface area (Å²) in [6.45, 7) is 7.81. The van der Waals surface area contributed by atoms with Gasteiger partial charge in [0.25, 0.3) is 0 Å². The van der Waals surface area contributed by atoms with Gasteiger partial charge in [-0.1, -0.05) is 27.2 Å². The van der Waals surface area contributed by atoms with Gasteiger partial charge in [-0.2, -0.15) is 0 Å². The van der Waals surface area contributed by atoms with Gasteiger partial charge in [0.05, 0.1) is 5.69 Å². The van der Waals surface area contributed by atoms with Gasteiger partial charge in [-0.05, 0) is 31.7 Å². The molecule has 0 aliphatic carbocycles. The van der Waals surface area contributed by atoms with Gasteiger partial charge in [-0.15, -0.1) is 0 Å². The Kier molecular flexibility index (Phi) is 4.21. The van der Waals surface area contributed by atoms with E-state index in [0.717, 1.165) is 12.8 Å². The molecule has 1 saturated heterocycles. The number of H-pyrrole nitrogens is 1. The Morgan fingerprint density at radius 2 is 2.18 bits per heavy atom. The molecule has 1 atom stereocenters. The third-order valence-corrected chi connectivity index (χ3v) is 3.61. The lowest BCUT2D eigenvalue weighted by molar-refractivity contribution is 0.395. The summed E-state index contributed by atoms with van der Waals surface area (Å²) in [6.07, 6.45) is 6.08. The molecule has 96 valence electrons. The van der Waals surface area contributed by atoms with Crippen LogP contribution in [0.5, 0.6) is 0 Å². The maximum Gasteiger partial charge on any atom is 0.108 e. The van der Waals surface area contributed by atoms with Gasteiger partial charge in [0.1, 0.15) is 5.82 Å². The number of aryl methyl sites for hydroxylation is 1. The highest BCUT2D eigenvalue weighted by Crippen LogP contribution is 2.19. The second kappa shape index (κ2) is 5.67. The smallest absolute Gasteiger partial charge is 0.108 e. The van der Waals surface area contributed by atoms with Crippen molar-refractivity contribution in [2.45, 2.75) is 64.8 Å². The van der Waals surface area contributed by atoms with E-state index in [0.29, 0.717) is 12.0 Å². The predicted molar refractivity (Wildman–Crippen MR) is 71.4 cm³/mol. The molecule has 0 bridgehead atoms. The van der Waals surface area contributed by atoms with E-state index in [9.17, 15) is 0 Å². The van der Waals surface area contributed by atoms with Crippen LogP contribution in [0.25, 0.3) is 0 Å². The number of piperidine rings is 1. The van der Waals surface area contributed by atoms with Crippen molar-refractivity contribution in [1.29, 1.82) is 0 Å². The van der Waals surface area contributed by atoms with Gasteiger partial charge >= 0.3 is 0 Å². The Bertz CT molecular complexity index is 348. The highest BCUT2D eigenvalue weighted by molar-refractivity contribution is 5.18. The van der Waals surface area contributed by atoms with Crippen molar-refractivity contribution in [2.75, 3.05) is 6.54 Å². The van der Waals surface area contributed by atoms with Crippen LogP contribution < -0.4 is 5.32 Å². The van der Waals surface area contributed by atoms with Gasteiger partial charge in [-0.25, -0.2) is 4.98 Å². The van der Waals surface area contributed by atoms with Crippen molar-refractivity contribution < 1.29 is 0 Å². The quantitative estimate of drug-likeness (QED) is 0.842. The zero-order valence-electron chi connectivity index (χ0n) is 11.3. The molecule has 0 radical (unpaired) electrons. The summed E-state index contributed by atoms with van der Waals surface area (Å²) >= 11 is 0. The molecule has 0 amide bonds. The number of imidazole rings is 1. The molecule has 2 rings (SSSR count). The van der Waals surface area contributed by atoms with E-state index in [1.807, 2.05) is 0 Å². The first-order valence-electron chi connectivity index (χ1n) is 7.01. The van der Waals surface area contributed by atoms with Crippen LogP contribution in [-0.4, -0.2) is 22.6 Å². The van der Waals surface area contributed by atoms with Gasteiger partial charge in [0, 0.05) is 18.2 Å². The van der Waals surface area contributed by atoms with Crippen LogP contribution in [0.3, 0.4) is 0 Å². The molecule has 1 aliphatic heterocycles. The van der Waals surface area contributed by atoms with Gasteiger partial charge in [0.2, 0.25) is 0 Å². The van der Waals surface area contributed by atoms with Gasteiger partial charge in [-0.3, -0.25) is 0 Å². The number of aromatic nitrogens is 2. The Morgan fingerprint density at radius 3 is 2.71 bits per heavy atom. The largest absolute Gasteiger partial charge is 0.346 e. The third kappa shape index (κ3) is 3.09.